The number of aromatic nitrogens is 2. The molecule has 2 aromatic carbocycles. The number of para-hydroxylation sites is 2. The van der Waals surface area contributed by atoms with Crippen LogP contribution in [0.25, 0.3) is 11.0 Å². The molecule has 1 atom stereocenters. The van der Waals surface area contributed by atoms with Crippen LogP contribution in [-0.4, -0.2) is 46.5 Å². The van der Waals surface area contributed by atoms with Gasteiger partial charge in [0.25, 0.3) is 0 Å². The van der Waals surface area contributed by atoms with E-state index in [0.717, 1.165) is 35.5 Å². The van der Waals surface area contributed by atoms with E-state index in [2.05, 4.69) is 10.3 Å². The van der Waals surface area contributed by atoms with Crippen LogP contribution in [0.4, 0.5) is 5.69 Å². The van der Waals surface area contributed by atoms with Crippen molar-refractivity contribution < 1.29 is 13.2 Å². The van der Waals surface area contributed by atoms with Crippen LogP contribution in [0.15, 0.2) is 58.6 Å². The van der Waals surface area contributed by atoms with Gasteiger partial charge in [0, 0.05) is 25.8 Å². The third-order valence-corrected chi connectivity index (χ3v) is 8.49. The Morgan fingerprint density at radius 2 is 1.84 bits per heavy atom. The van der Waals surface area contributed by atoms with Crippen molar-refractivity contribution >= 4 is 44.4 Å². The summed E-state index contributed by atoms with van der Waals surface area (Å²) >= 11 is 1.37. The fourth-order valence-corrected chi connectivity index (χ4v) is 6.13. The molecule has 0 bridgehead atoms. The number of thioether (sulfide) groups is 1. The van der Waals surface area contributed by atoms with Crippen molar-refractivity contribution in [1.29, 1.82) is 0 Å². The Balaban J connectivity index is 1.46. The first-order chi connectivity index (χ1) is 14.9. The summed E-state index contributed by atoms with van der Waals surface area (Å²) in [6.07, 6.45) is 2.82. The average Bonchev–Trinajstić information content (AvgIpc) is 3.10. The second kappa shape index (κ2) is 9.02. The molecule has 1 unspecified atom stereocenters. The van der Waals surface area contributed by atoms with Crippen LogP contribution in [0.2, 0.25) is 0 Å². The van der Waals surface area contributed by atoms with Gasteiger partial charge < -0.3 is 9.88 Å². The van der Waals surface area contributed by atoms with Crippen molar-refractivity contribution in [1.82, 2.24) is 13.9 Å². The third kappa shape index (κ3) is 4.63. The molecule has 1 fully saturated rings. The smallest absolute Gasteiger partial charge is 0.243 e. The number of hydrogen-bond acceptors (Lipinski definition) is 5. The molecule has 4 rings (SSSR count). The first-order valence-electron chi connectivity index (χ1n) is 10.4. The summed E-state index contributed by atoms with van der Waals surface area (Å²) in [5.74, 6) is -0.204. The molecule has 1 aromatic heterocycles. The highest BCUT2D eigenvalue weighted by Crippen LogP contribution is 2.27. The normalized spacial score (nSPS) is 16.3. The fraction of sp³-hybridized carbons (Fsp3) is 0.364. The van der Waals surface area contributed by atoms with Crippen LogP contribution in [0.5, 0.6) is 0 Å². The largest absolute Gasteiger partial charge is 0.325 e. The summed E-state index contributed by atoms with van der Waals surface area (Å²) in [5.41, 5.74) is 2.37. The molecular formula is C22H26N4O3S2. The maximum atomic E-state index is 12.9. The number of amides is 1. The summed E-state index contributed by atoms with van der Waals surface area (Å²) in [5, 5.41) is 3.20. The van der Waals surface area contributed by atoms with E-state index >= 15 is 0 Å². The topological polar surface area (TPSA) is 84.3 Å². The zero-order chi connectivity index (χ0) is 22.0. The van der Waals surface area contributed by atoms with Gasteiger partial charge in [-0.2, -0.15) is 4.31 Å². The maximum Gasteiger partial charge on any atom is 0.243 e. The van der Waals surface area contributed by atoms with E-state index in [0.29, 0.717) is 18.8 Å². The number of anilines is 1. The van der Waals surface area contributed by atoms with Gasteiger partial charge in [0.15, 0.2) is 5.16 Å². The van der Waals surface area contributed by atoms with Gasteiger partial charge in [0.1, 0.15) is 0 Å². The van der Waals surface area contributed by atoms with Crippen LogP contribution < -0.4 is 5.32 Å². The summed E-state index contributed by atoms with van der Waals surface area (Å²) in [6, 6.07) is 14.3. The lowest BCUT2D eigenvalue weighted by atomic mass is 10.2. The van der Waals surface area contributed by atoms with E-state index in [1.54, 1.807) is 18.2 Å². The number of carbonyl (C=O) groups is 1. The lowest BCUT2D eigenvalue weighted by Gasteiger charge is -2.26. The number of piperidine rings is 1. The minimum absolute atomic E-state index is 0.204. The van der Waals surface area contributed by atoms with Crippen molar-refractivity contribution in [3.05, 3.63) is 48.5 Å². The highest BCUT2D eigenvalue weighted by atomic mass is 32.2. The number of carbonyl (C=O) groups excluding carboxylic acids is 1. The van der Waals surface area contributed by atoms with Gasteiger partial charge in [-0.05, 0) is 50.1 Å². The molecule has 1 saturated heterocycles. The monoisotopic (exact) mass is 458 g/mol. The van der Waals surface area contributed by atoms with Gasteiger partial charge in [-0.3, -0.25) is 4.79 Å². The average molecular weight is 459 g/mol. The van der Waals surface area contributed by atoms with Crippen molar-refractivity contribution in [2.24, 2.45) is 7.05 Å². The Hall–Kier alpha value is -2.36. The molecule has 0 spiro atoms. The number of fused-ring (bicyclic) bond motifs is 1. The molecule has 9 heteroatoms. The summed E-state index contributed by atoms with van der Waals surface area (Å²) in [6.45, 7) is 2.91. The van der Waals surface area contributed by atoms with Gasteiger partial charge in [0.05, 0.1) is 21.2 Å². The minimum atomic E-state index is -3.55. The lowest BCUT2D eigenvalue weighted by Crippen LogP contribution is -2.35. The first-order valence-corrected chi connectivity index (χ1v) is 12.7. The van der Waals surface area contributed by atoms with Crippen molar-refractivity contribution in [2.75, 3.05) is 18.4 Å². The summed E-state index contributed by atoms with van der Waals surface area (Å²) in [4.78, 5) is 17.6. The van der Waals surface area contributed by atoms with E-state index in [1.165, 1.54) is 22.1 Å². The lowest BCUT2D eigenvalue weighted by molar-refractivity contribution is -0.115. The van der Waals surface area contributed by atoms with Crippen LogP contribution >= 0.6 is 11.8 Å². The summed E-state index contributed by atoms with van der Waals surface area (Å²) in [7, 11) is -1.62. The number of sulfonamides is 1. The minimum Gasteiger partial charge on any atom is -0.325 e. The zero-order valence-electron chi connectivity index (χ0n) is 17.6. The number of imidazole rings is 1. The van der Waals surface area contributed by atoms with E-state index in [9.17, 15) is 13.2 Å². The number of nitrogens with zero attached hydrogens (tertiary/aromatic N) is 3. The summed E-state index contributed by atoms with van der Waals surface area (Å²) < 4.78 is 29.3. The highest BCUT2D eigenvalue weighted by molar-refractivity contribution is 8.00. The molecular weight excluding hydrogens is 432 g/mol. The molecule has 1 aliphatic rings. The first kappa shape index (κ1) is 21.9. The molecule has 0 radical (unpaired) electrons. The number of nitrogens with one attached hydrogen (secondary N) is 1. The van der Waals surface area contributed by atoms with E-state index in [1.807, 2.05) is 42.8 Å². The van der Waals surface area contributed by atoms with Crippen molar-refractivity contribution in [3.8, 4) is 0 Å². The van der Waals surface area contributed by atoms with Crippen LogP contribution in [0.1, 0.15) is 26.2 Å². The van der Waals surface area contributed by atoms with Crippen LogP contribution in [0, 0.1) is 0 Å². The van der Waals surface area contributed by atoms with E-state index in [-0.39, 0.29) is 10.8 Å². The van der Waals surface area contributed by atoms with Crippen LogP contribution in [-0.2, 0) is 21.9 Å². The van der Waals surface area contributed by atoms with Gasteiger partial charge >= 0.3 is 0 Å². The van der Waals surface area contributed by atoms with Crippen molar-refractivity contribution in [3.63, 3.8) is 0 Å². The Labute approximate surface area is 186 Å². The molecule has 1 aliphatic heterocycles. The Kier molecular flexibility index (Phi) is 6.36. The molecule has 0 saturated carbocycles. The van der Waals surface area contributed by atoms with E-state index < -0.39 is 15.3 Å². The SMILES string of the molecule is CC(Sc1nc2ccccc2n1C)C(=O)Nc1cccc(S(=O)(=O)N2CCCCC2)c1. The van der Waals surface area contributed by atoms with Crippen LogP contribution in [0.3, 0.4) is 0 Å². The molecule has 7 nitrogen and oxygen atoms in total. The molecule has 1 amide bonds. The quantitative estimate of drug-likeness (QED) is 0.567. The Morgan fingerprint density at radius 3 is 2.58 bits per heavy atom. The molecule has 164 valence electrons. The second-order valence-electron chi connectivity index (χ2n) is 7.68. The van der Waals surface area contributed by atoms with E-state index in [4.69, 9.17) is 0 Å². The number of rotatable bonds is 6. The second-order valence-corrected chi connectivity index (χ2v) is 10.9. The molecule has 31 heavy (non-hydrogen) atoms. The molecule has 0 aliphatic carbocycles. The zero-order valence-corrected chi connectivity index (χ0v) is 19.2. The molecule has 3 aromatic rings. The molecule has 2 heterocycles. The fourth-order valence-electron chi connectivity index (χ4n) is 3.67. The Bertz CT molecular complexity index is 1200. The van der Waals surface area contributed by atoms with Gasteiger partial charge in [-0.1, -0.05) is 36.4 Å². The van der Waals surface area contributed by atoms with Gasteiger partial charge in [-0.25, -0.2) is 13.4 Å². The Morgan fingerprint density at radius 1 is 1.10 bits per heavy atom. The number of hydrogen-bond donors (Lipinski definition) is 1. The third-order valence-electron chi connectivity index (χ3n) is 5.45. The number of aryl methyl sites for hydroxylation is 1. The number of benzene rings is 2. The predicted octanol–water partition coefficient (Wildman–Crippen LogP) is 3.87. The standard InChI is InChI=1S/C22H26N4O3S2/c1-16(30-22-24-19-11-4-5-12-20(19)25(22)2)21(27)23-17-9-8-10-18(15-17)31(28,29)26-13-6-3-7-14-26/h4-5,8-12,15-16H,3,6-7,13-14H2,1-2H3,(H,23,27). The van der Waals surface area contributed by atoms with Gasteiger partial charge in [-0.15, -0.1) is 0 Å². The highest BCUT2D eigenvalue weighted by Gasteiger charge is 2.26. The van der Waals surface area contributed by atoms with Gasteiger partial charge in [0.2, 0.25) is 15.9 Å². The van der Waals surface area contributed by atoms with Crippen molar-refractivity contribution in [2.45, 2.75) is 41.5 Å². The molecule has 1 N–H and O–H groups in total. The maximum absolute atomic E-state index is 12.9. The predicted molar refractivity (Wildman–Crippen MR) is 124 cm³/mol.